The van der Waals surface area contributed by atoms with Gasteiger partial charge in [-0.15, -0.1) is 11.3 Å². The minimum absolute atomic E-state index is 0.536. The molecule has 4 heterocycles. The maximum Gasteiger partial charge on any atom is 0.324 e. The molecule has 142 valence electrons. The molecule has 0 radical (unpaired) electrons. The second-order valence-electron chi connectivity index (χ2n) is 6.66. The zero-order valence-corrected chi connectivity index (χ0v) is 16.7. The number of aryl methyl sites for hydroxylation is 1. The Labute approximate surface area is 170 Å². The van der Waals surface area contributed by atoms with Crippen molar-refractivity contribution >= 4 is 45.0 Å². The molecule has 0 unspecified atom stereocenters. The van der Waals surface area contributed by atoms with E-state index < -0.39 is 0 Å². The number of piperazine rings is 1. The normalized spacial score (nSPS) is 14.8. The molecule has 1 aromatic carbocycles. The van der Waals surface area contributed by atoms with Crippen LogP contribution in [0.15, 0.2) is 41.2 Å². The summed E-state index contributed by atoms with van der Waals surface area (Å²) in [5, 5.41) is 5.88. The highest BCUT2D eigenvalue weighted by Gasteiger charge is 2.24. The molecule has 0 aliphatic carbocycles. The fraction of sp³-hybridized carbons (Fsp3) is 0.263. The standard InChI is InChI=1S/C19H17ClN6OS/c1-12-9-15-17(21-11-22-18(15)28-12)25-5-7-26(8-6-25)19-23-16(24-27-19)13-3-2-4-14(20)10-13/h2-4,9-11H,5-8H2,1H3. The van der Waals surface area contributed by atoms with E-state index >= 15 is 0 Å². The van der Waals surface area contributed by atoms with Crippen LogP contribution in [0.3, 0.4) is 0 Å². The van der Waals surface area contributed by atoms with Gasteiger partial charge in [0.15, 0.2) is 0 Å². The van der Waals surface area contributed by atoms with Gasteiger partial charge in [-0.3, -0.25) is 0 Å². The highest BCUT2D eigenvalue weighted by molar-refractivity contribution is 7.18. The maximum atomic E-state index is 6.06. The lowest BCUT2D eigenvalue weighted by Crippen LogP contribution is -2.47. The lowest BCUT2D eigenvalue weighted by molar-refractivity contribution is 0.409. The van der Waals surface area contributed by atoms with Gasteiger partial charge in [-0.2, -0.15) is 4.98 Å². The molecule has 0 spiro atoms. The van der Waals surface area contributed by atoms with Crippen LogP contribution in [0.25, 0.3) is 21.6 Å². The molecule has 0 amide bonds. The third-order valence-electron chi connectivity index (χ3n) is 4.78. The summed E-state index contributed by atoms with van der Waals surface area (Å²) < 4.78 is 5.49. The fourth-order valence-electron chi connectivity index (χ4n) is 3.41. The maximum absolute atomic E-state index is 6.06. The van der Waals surface area contributed by atoms with Crippen LogP contribution in [0.5, 0.6) is 0 Å². The Morgan fingerprint density at radius 2 is 1.89 bits per heavy atom. The van der Waals surface area contributed by atoms with Gasteiger partial charge < -0.3 is 14.3 Å². The van der Waals surface area contributed by atoms with E-state index in [9.17, 15) is 0 Å². The number of nitrogens with zero attached hydrogens (tertiary/aromatic N) is 6. The lowest BCUT2D eigenvalue weighted by Gasteiger charge is -2.34. The summed E-state index contributed by atoms with van der Waals surface area (Å²) in [7, 11) is 0. The molecule has 3 aromatic heterocycles. The first kappa shape index (κ1) is 17.4. The van der Waals surface area contributed by atoms with Crippen molar-refractivity contribution in [2.75, 3.05) is 36.0 Å². The monoisotopic (exact) mass is 412 g/mol. The van der Waals surface area contributed by atoms with Crippen molar-refractivity contribution in [2.24, 2.45) is 0 Å². The van der Waals surface area contributed by atoms with Crippen LogP contribution in [-0.2, 0) is 0 Å². The summed E-state index contributed by atoms with van der Waals surface area (Å²) in [5.74, 6) is 1.55. The number of rotatable bonds is 3. The molecule has 1 fully saturated rings. The summed E-state index contributed by atoms with van der Waals surface area (Å²) >= 11 is 7.75. The quantitative estimate of drug-likeness (QED) is 0.503. The number of anilines is 2. The molecule has 28 heavy (non-hydrogen) atoms. The average molecular weight is 413 g/mol. The zero-order chi connectivity index (χ0) is 19.1. The fourth-order valence-corrected chi connectivity index (χ4v) is 4.45. The van der Waals surface area contributed by atoms with Gasteiger partial charge in [0, 0.05) is 41.6 Å². The second-order valence-corrected chi connectivity index (χ2v) is 8.33. The number of halogens is 1. The molecule has 0 atom stereocenters. The molecule has 7 nitrogen and oxygen atoms in total. The lowest BCUT2D eigenvalue weighted by atomic mass is 10.2. The zero-order valence-electron chi connectivity index (χ0n) is 15.2. The topological polar surface area (TPSA) is 71.2 Å². The molecule has 0 saturated carbocycles. The molecule has 0 bridgehead atoms. The molecule has 1 aliphatic rings. The molecule has 1 aliphatic heterocycles. The SMILES string of the molecule is Cc1cc2c(N3CCN(c4nc(-c5cccc(Cl)c5)no4)CC3)ncnc2s1. The molecule has 5 rings (SSSR count). The predicted octanol–water partition coefficient (Wildman–Crippen LogP) is 4.03. The first-order chi connectivity index (χ1) is 13.7. The van der Waals surface area contributed by atoms with E-state index in [1.54, 1.807) is 17.7 Å². The van der Waals surface area contributed by atoms with Crippen LogP contribution in [0.1, 0.15) is 4.88 Å². The minimum atomic E-state index is 0.536. The van der Waals surface area contributed by atoms with Crippen LogP contribution in [0.2, 0.25) is 5.02 Å². The van der Waals surface area contributed by atoms with Crippen LogP contribution >= 0.6 is 22.9 Å². The van der Waals surface area contributed by atoms with Crippen molar-refractivity contribution in [1.82, 2.24) is 20.1 Å². The number of benzene rings is 1. The van der Waals surface area contributed by atoms with Gasteiger partial charge in [0.2, 0.25) is 5.82 Å². The number of hydrogen-bond acceptors (Lipinski definition) is 8. The molecular weight excluding hydrogens is 396 g/mol. The van der Waals surface area contributed by atoms with Crippen molar-refractivity contribution in [2.45, 2.75) is 6.92 Å². The predicted molar refractivity (Wildman–Crippen MR) is 111 cm³/mol. The smallest absolute Gasteiger partial charge is 0.324 e. The van der Waals surface area contributed by atoms with E-state index in [1.807, 2.05) is 24.3 Å². The van der Waals surface area contributed by atoms with E-state index in [-0.39, 0.29) is 0 Å². The molecule has 4 aromatic rings. The number of hydrogen-bond donors (Lipinski definition) is 0. The largest absolute Gasteiger partial charge is 0.352 e. The Balaban J connectivity index is 1.32. The van der Waals surface area contributed by atoms with Gasteiger partial charge in [0.05, 0.1) is 5.39 Å². The molecule has 1 saturated heterocycles. The van der Waals surface area contributed by atoms with Crippen molar-refractivity contribution in [3.05, 3.63) is 46.6 Å². The van der Waals surface area contributed by atoms with Crippen molar-refractivity contribution < 1.29 is 4.52 Å². The van der Waals surface area contributed by atoms with Gasteiger partial charge >= 0.3 is 6.01 Å². The molecular formula is C19H17ClN6OS. The Morgan fingerprint density at radius 1 is 1.07 bits per heavy atom. The minimum Gasteiger partial charge on any atom is -0.352 e. The van der Waals surface area contributed by atoms with Gasteiger partial charge in [-0.05, 0) is 25.1 Å². The number of fused-ring (bicyclic) bond motifs is 1. The molecule has 9 heteroatoms. The Morgan fingerprint density at radius 3 is 2.71 bits per heavy atom. The third-order valence-corrected chi connectivity index (χ3v) is 5.97. The van der Waals surface area contributed by atoms with E-state index in [1.165, 1.54) is 4.88 Å². The first-order valence-corrected chi connectivity index (χ1v) is 10.2. The Bertz CT molecular complexity index is 1130. The van der Waals surface area contributed by atoms with Gasteiger partial charge in [0.25, 0.3) is 0 Å². The Kier molecular flexibility index (Phi) is 4.37. The van der Waals surface area contributed by atoms with Crippen molar-refractivity contribution in [1.29, 1.82) is 0 Å². The van der Waals surface area contributed by atoms with E-state index in [2.05, 4.69) is 42.9 Å². The second kappa shape index (κ2) is 7.03. The summed E-state index contributed by atoms with van der Waals surface area (Å²) in [4.78, 5) is 20.1. The Hall–Kier alpha value is -2.71. The van der Waals surface area contributed by atoms with Crippen molar-refractivity contribution in [3.8, 4) is 11.4 Å². The summed E-state index contributed by atoms with van der Waals surface area (Å²) in [6, 6.07) is 10.1. The van der Waals surface area contributed by atoms with Gasteiger partial charge in [-0.1, -0.05) is 28.9 Å². The van der Waals surface area contributed by atoms with Crippen LogP contribution in [-0.4, -0.2) is 46.3 Å². The van der Waals surface area contributed by atoms with E-state index in [4.69, 9.17) is 16.1 Å². The summed E-state index contributed by atoms with van der Waals surface area (Å²) in [6.45, 7) is 5.32. The van der Waals surface area contributed by atoms with Gasteiger partial charge in [-0.25, -0.2) is 9.97 Å². The summed E-state index contributed by atoms with van der Waals surface area (Å²) in [5.41, 5.74) is 0.845. The van der Waals surface area contributed by atoms with Crippen LogP contribution in [0, 0.1) is 6.92 Å². The van der Waals surface area contributed by atoms with Gasteiger partial charge in [0.1, 0.15) is 17.0 Å². The van der Waals surface area contributed by atoms with E-state index in [0.717, 1.165) is 47.8 Å². The molecule has 0 N–H and O–H groups in total. The number of thiophene rings is 1. The van der Waals surface area contributed by atoms with Crippen LogP contribution in [0.4, 0.5) is 11.8 Å². The first-order valence-electron chi connectivity index (χ1n) is 8.98. The highest BCUT2D eigenvalue weighted by atomic mass is 35.5. The average Bonchev–Trinajstić information content (AvgIpc) is 3.34. The number of aromatic nitrogens is 4. The third kappa shape index (κ3) is 3.18. The summed E-state index contributed by atoms with van der Waals surface area (Å²) in [6.07, 6.45) is 1.65. The van der Waals surface area contributed by atoms with Crippen molar-refractivity contribution in [3.63, 3.8) is 0 Å². The van der Waals surface area contributed by atoms with Crippen LogP contribution < -0.4 is 9.80 Å². The van der Waals surface area contributed by atoms with E-state index in [0.29, 0.717) is 16.9 Å². The highest BCUT2D eigenvalue weighted by Crippen LogP contribution is 2.31.